The molecule has 12 heteroatoms. The van der Waals surface area contributed by atoms with Gasteiger partial charge in [0.05, 0.1) is 12.1 Å². The minimum absolute atomic E-state index is 0.0601. The van der Waals surface area contributed by atoms with E-state index in [-0.39, 0.29) is 12.2 Å². The molecule has 0 saturated carbocycles. The van der Waals surface area contributed by atoms with Crippen molar-refractivity contribution in [2.24, 2.45) is 5.73 Å². The van der Waals surface area contributed by atoms with Gasteiger partial charge in [0.1, 0.15) is 12.1 Å². The third kappa shape index (κ3) is 6.13. The van der Waals surface area contributed by atoms with Crippen LogP contribution in [0.3, 0.4) is 0 Å². The van der Waals surface area contributed by atoms with Crippen LogP contribution in [0.1, 0.15) is 25.3 Å². The lowest BCUT2D eigenvalue weighted by Gasteiger charge is -2.28. The molecule has 3 rings (SSSR count). The number of aliphatic hydroxyl groups excluding tert-OH is 1. The average molecular weight is 506 g/mol. The summed E-state index contributed by atoms with van der Waals surface area (Å²) in [5.41, 5.74) is 7.40. The molecule has 7 N–H and O–H groups in total. The maximum Gasteiger partial charge on any atom is 0.328 e. The Morgan fingerprint density at radius 1 is 1.26 bits per heavy atom. The summed E-state index contributed by atoms with van der Waals surface area (Å²) in [6.07, 6.45) is 1.43. The Kier molecular flexibility index (Phi) is 8.76. The molecule has 2 aromatic rings. The van der Waals surface area contributed by atoms with Gasteiger partial charge in [0.25, 0.3) is 0 Å². The van der Waals surface area contributed by atoms with Crippen LogP contribution >= 0.6 is 12.6 Å². The zero-order valence-corrected chi connectivity index (χ0v) is 20.2. The van der Waals surface area contributed by atoms with Crippen LogP contribution in [0.25, 0.3) is 10.9 Å². The number of benzene rings is 1. The number of para-hydroxylation sites is 1. The maximum atomic E-state index is 13.2. The number of aromatic amines is 1. The van der Waals surface area contributed by atoms with E-state index < -0.39 is 54.0 Å². The minimum Gasteiger partial charge on any atom is -0.480 e. The number of hydrogen-bond acceptors (Lipinski definition) is 7. The molecule has 35 heavy (non-hydrogen) atoms. The van der Waals surface area contributed by atoms with Crippen LogP contribution in [0.4, 0.5) is 0 Å². The number of thiol groups is 1. The quantitative estimate of drug-likeness (QED) is 0.211. The number of aliphatic hydroxyl groups is 1. The summed E-state index contributed by atoms with van der Waals surface area (Å²) in [5.74, 6) is -2.97. The molecule has 1 fully saturated rings. The van der Waals surface area contributed by atoms with Crippen molar-refractivity contribution in [2.45, 2.75) is 56.5 Å². The van der Waals surface area contributed by atoms with Crippen molar-refractivity contribution in [3.05, 3.63) is 36.0 Å². The minimum atomic E-state index is -1.55. The Morgan fingerprint density at radius 2 is 1.97 bits per heavy atom. The van der Waals surface area contributed by atoms with Crippen molar-refractivity contribution in [3.63, 3.8) is 0 Å². The van der Waals surface area contributed by atoms with Gasteiger partial charge in [-0.3, -0.25) is 14.4 Å². The monoisotopic (exact) mass is 505 g/mol. The second kappa shape index (κ2) is 11.6. The normalized spacial score (nSPS) is 19.1. The molecule has 190 valence electrons. The Hall–Kier alpha value is -3.09. The molecule has 0 aliphatic carbocycles. The Morgan fingerprint density at radius 3 is 2.63 bits per heavy atom. The van der Waals surface area contributed by atoms with Gasteiger partial charge < -0.3 is 36.5 Å². The Labute approximate surface area is 207 Å². The Balaban J connectivity index is 1.84. The first kappa shape index (κ1) is 26.5. The highest BCUT2D eigenvalue weighted by atomic mass is 32.1. The number of hydrogen-bond donors (Lipinski definition) is 7. The van der Waals surface area contributed by atoms with Crippen LogP contribution in [0.2, 0.25) is 0 Å². The second-order valence-corrected chi connectivity index (χ2v) is 9.03. The molecule has 5 atom stereocenters. The number of fused-ring (bicyclic) bond motifs is 1. The van der Waals surface area contributed by atoms with Crippen LogP contribution in [-0.2, 0) is 25.6 Å². The van der Waals surface area contributed by atoms with Crippen molar-refractivity contribution < 1.29 is 29.4 Å². The zero-order chi connectivity index (χ0) is 25.7. The van der Waals surface area contributed by atoms with Crippen LogP contribution in [0.15, 0.2) is 30.5 Å². The number of carbonyl (C=O) groups excluding carboxylic acids is 3. The third-order valence-electron chi connectivity index (χ3n) is 6.13. The van der Waals surface area contributed by atoms with E-state index >= 15 is 0 Å². The first-order valence-corrected chi connectivity index (χ1v) is 12.0. The lowest BCUT2D eigenvalue weighted by atomic mass is 10.0. The van der Waals surface area contributed by atoms with Gasteiger partial charge in [-0.2, -0.15) is 12.6 Å². The number of likely N-dealkylation sites (tertiary alicyclic amines) is 1. The molecule has 1 aliphatic heterocycles. The number of carboxylic acids is 1. The fourth-order valence-corrected chi connectivity index (χ4v) is 4.39. The number of nitrogens with one attached hydrogen (secondary N) is 3. The molecule has 0 spiro atoms. The highest BCUT2D eigenvalue weighted by Gasteiger charge is 2.38. The fraction of sp³-hybridized carbons (Fsp3) is 0.478. The molecular formula is C23H31N5O6S. The largest absolute Gasteiger partial charge is 0.480 e. The molecule has 1 aliphatic rings. The van der Waals surface area contributed by atoms with Crippen molar-refractivity contribution >= 4 is 47.2 Å². The summed E-state index contributed by atoms with van der Waals surface area (Å²) in [5, 5.41) is 25.0. The van der Waals surface area contributed by atoms with Crippen LogP contribution in [0, 0.1) is 0 Å². The van der Waals surface area contributed by atoms with Crippen LogP contribution in [0.5, 0.6) is 0 Å². The van der Waals surface area contributed by atoms with E-state index in [2.05, 4.69) is 28.2 Å². The van der Waals surface area contributed by atoms with Crippen LogP contribution in [-0.4, -0.2) is 86.4 Å². The molecule has 11 nitrogen and oxygen atoms in total. The molecule has 0 bridgehead atoms. The number of amides is 3. The lowest BCUT2D eigenvalue weighted by molar-refractivity contribution is -0.145. The number of nitrogens with zero attached hydrogens (tertiary/aromatic N) is 1. The third-order valence-corrected chi connectivity index (χ3v) is 6.52. The average Bonchev–Trinajstić information content (AvgIpc) is 3.48. The lowest BCUT2D eigenvalue weighted by Crippen LogP contribution is -2.58. The van der Waals surface area contributed by atoms with Gasteiger partial charge >= 0.3 is 5.97 Å². The molecule has 0 radical (unpaired) electrons. The van der Waals surface area contributed by atoms with E-state index in [9.17, 15) is 29.4 Å². The molecular weight excluding hydrogens is 474 g/mol. The maximum absolute atomic E-state index is 13.2. The number of carboxylic acid groups (broad SMARTS) is 1. The van der Waals surface area contributed by atoms with Gasteiger partial charge in [0, 0.05) is 35.8 Å². The van der Waals surface area contributed by atoms with Gasteiger partial charge in [-0.1, -0.05) is 18.2 Å². The van der Waals surface area contributed by atoms with Crippen molar-refractivity contribution in [1.29, 1.82) is 0 Å². The van der Waals surface area contributed by atoms with Crippen molar-refractivity contribution in [3.8, 4) is 0 Å². The van der Waals surface area contributed by atoms with Crippen LogP contribution < -0.4 is 16.4 Å². The number of carbonyl (C=O) groups is 4. The van der Waals surface area contributed by atoms with E-state index in [1.54, 1.807) is 6.20 Å². The molecule has 2 heterocycles. The first-order valence-electron chi connectivity index (χ1n) is 11.4. The topological polar surface area (TPSA) is 178 Å². The predicted molar refractivity (Wildman–Crippen MR) is 132 cm³/mol. The van der Waals surface area contributed by atoms with Gasteiger partial charge in [0.2, 0.25) is 17.7 Å². The van der Waals surface area contributed by atoms with Gasteiger partial charge in [-0.25, -0.2) is 4.79 Å². The van der Waals surface area contributed by atoms with Crippen molar-refractivity contribution in [1.82, 2.24) is 20.5 Å². The first-order chi connectivity index (χ1) is 16.6. The second-order valence-electron chi connectivity index (χ2n) is 8.67. The summed E-state index contributed by atoms with van der Waals surface area (Å²) in [7, 11) is 0. The van der Waals surface area contributed by atoms with E-state index in [1.807, 2.05) is 24.3 Å². The SMILES string of the molecule is CC(O)C(NC(=O)C(Cc1c[nH]c2ccccc12)NC(=O)C1CCCN1C(=O)C(N)CS)C(=O)O. The summed E-state index contributed by atoms with van der Waals surface area (Å²) in [6, 6.07) is 3.07. The molecule has 5 unspecified atom stereocenters. The summed E-state index contributed by atoms with van der Waals surface area (Å²) >= 11 is 4.06. The van der Waals surface area contributed by atoms with Crippen molar-refractivity contribution in [2.75, 3.05) is 12.3 Å². The standard InChI is InChI=1S/C23H31N5O6S/c1-12(29)19(23(33)34)27-20(30)17(9-13-10-25-16-6-3-2-5-14(13)16)26-21(31)18-7-4-8-28(18)22(32)15(24)11-35/h2-3,5-6,10,12,15,17-19,25,29,35H,4,7-9,11,24H2,1H3,(H,26,31)(H,27,30)(H,33,34). The predicted octanol–water partition coefficient (Wildman–Crippen LogP) is -0.606. The number of H-pyrrole nitrogens is 1. The fourth-order valence-electron chi connectivity index (χ4n) is 4.23. The molecule has 1 saturated heterocycles. The van der Waals surface area contributed by atoms with E-state index in [0.29, 0.717) is 19.4 Å². The highest BCUT2D eigenvalue weighted by molar-refractivity contribution is 7.80. The van der Waals surface area contributed by atoms with Gasteiger partial charge in [-0.15, -0.1) is 0 Å². The number of aromatic nitrogens is 1. The number of rotatable bonds is 10. The number of aliphatic carboxylic acids is 1. The van der Waals surface area contributed by atoms with Gasteiger partial charge in [-0.05, 0) is 31.4 Å². The Bertz CT molecular complexity index is 1090. The molecule has 3 amide bonds. The summed E-state index contributed by atoms with van der Waals surface area (Å²) in [6.45, 7) is 1.61. The number of nitrogens with two attached hydrogens (primary N) is 1. The van der Waals surface area contributed by atoms with E-state index in [1.165, 1.54) is 11.8 Å². The van der Waals surface area contributed by atoms with Gasteiger partial charge in [0.15, 0.2) is 6.04 Å². The smallest absolute Gasteiger partial charge is 0.328 e. The zero-order valence-electron chi connectivity index (χ0n) is 19.3. The summed E-state index contributed by atoms with van der Waals surface area (Å²) < 4.78 is 0. The molecule has 1 aromatic heterocycles. The highest BCUT2D eigenvalue weighted by Crippen LogP contribution is 2.21. The summed E-state index contributed by atoms with van der Waals surface area (Å²) in [4.78, 5) is 54.9. The van der Waals surface area contributed by atoms with E-state index in [0.717, 1.165) is 16.5 Å². The van der Waals surface area contributed by atoms with E-state index in [4.69, 9.17) is 5.73 Å². The molecule has 1 aromatic carbocycles.